The average Bonchev–Trinajstić information content (AvgIpc) is 2.53. The zero-order chi connectivity index (χ0) is 17.6. The third-order valence-electron chi connectivity index (χ3n) is 3.35. The Morgan fingerprint density at radius 2 is 1.84 bits per heavy atom. The van der Waals surface area contributed by atoms with Gasteiger partial charge in [0.05, 0.1) is 0 Å². The minimum Gasteiger partial charge on any atom is -0.466 e. The maximum absolute atomic E-state index is 11.7. The van der Waals surface area contributed by atoms with E-state index in [-0.39, 0.29) is 17.9 Å². The Kier molecular flexibility index (Phi) is 8.41. The van der Waals surface area contributed by atoms with Gasteiger partial charge in [0.1, 0.15) is 12.4 Å². The minimum absolute atomic E-state index is 0. The maximum atomic E-state index is 11.7. The van der Waals surface area contributed by atoms with E-state index < -0.39 is 6.09 Å². The fraction of sp³-hybridized carbons (Fsp3) is 0.529. The van der Waals surface area contributed by atoms with Crippen molar-refractivity contribution < 1.29 is 14.3 Å². The van der Waals surface area contributed by atoms with E-state index in [4.69, 9.17) is 21.7 Å². The van der Waals surface area contributed by atoms with Crippen LogP contribution in [0.1, 0.15) is 26.3 Å². The van der Waals surface area contributed by atoms with E-state index in [2.05, 4.69) is 15.5 Å². The van der Waals surface area contributed by atoms with Crippen LogP contribution in [0.25, 0.3) is 0 Å². The molecule has 1 amide bonds. The van der Waals surface area contributed by atoms with Crippen LogP contribution in [0.2, 0.25) is 0 Å². The number of thiocarbonyl (C=S) groups is 1. The second kappa shape index (κ2) is 9.79. The predicted molar refractivity (Wildman–Crippen MR) is 104 cm³/mol. The Balaban J connectivity index is 0.00000312. The number of rotatable bonds is 3. The van der Waals surface area contributed by atoms with E-state index in [0.717, 1.165) is 31.7 Å². The Hall–Kier alpha value is -1.57. The maximum Gasteiger partial charge on any atom is 0.413 e. The molecule has 1 aliphatic heterocycles. The summed E-state index contributed by atoms with van der Waals surface area (Å²) in [6.45, 7) is 9.68. The standard InChI is InChI=1S/C17H25N3O3S.ClH/c1-17(2,3)19-15(21)23-14-6-4-13(5-7-14)12-22-16(24)20-10-8-18-9-11-20;/h4-7,18H,8-12H2,1-3H3,(H,19,21);1H. The first kappa shape index (κ1) is 21.5. The van der Waals surface area contributed by atoms with Gasteiger partial charge in [0.15, 0.2) is 0 Å². The van der Waals surface area contributed by atoms with Crippen LogP contribution in [-0.4, -0.2) is 47.9 Å². The predicted octanol–water partition coefficient (Wildman–Crippen LogP) is 2.70. The van der Waals surface area contributed by atoms with Crippen molar-refractivity contribution in [3.8, 4) is 5.75 Å². The first-order valence-corrected chi connectivity index (χ1v) is 8.46. The molecule has 25 heavy (non-hydrogen) atoms. The number of ether oxygens (including phenoxy) is 2. The lowest BCUT2D eigenvalue weighted by atomic mass is 10.1. The van der Waals surface area contributed by atoms with Gasteiger partial charge >= 0.3 is 6.09 Å². The molecule has 0 atom stereocenters. The van der Waals surface area contributed by atoms with Crippen molar-refractivity contribution in [2.45, 2.75) is 32.9 Å². The number of benzene rings is 1. The smallest absolute Gasteiger partial charge is 0.413 e. The minimum atomic E-state index is -0.466. The van der Waals surface area contributed by atoms with Crippen molar-refractivity contribution in [2.24, 2.45) is 0 Å². The lowest BCUT2D eigenvalue weighted by molar-refractivity contribution is 0.190. The van der Waals surface area contributed by atoms with Crippen molar-refractivity contribution in [3.63, 3.8) is 0 Å². The Morgan fingerprint density at radius 1 is 1.24 bits per heavy atom. The van der Waals surface area contributed by atoms with Crippen LogP contribution in [0, 0.1) is 0 Å². The molecule has 0 aliphatic carbocycles. The first-order chi connectivity index (χ1) is 11.3. The molecule has 0 spiro atoms. The lowest BCUT2D eigenvalue weighted by Crippen LogP contribution is -2.46. The van der Waals surface area contributed by atoms with E-state index in [1.807, 2.05) is 32.9 Å². The average molecular weight is 388 g/mol. The molecule has 6 nitrogen and oxygen atoms in total. The first-order valence-electron chi connectivity index (χ1n) is 8.05. The molecule has 1 aromatic rings. The molecule has 0 bridgehead atoms. The number of nitrogens with one attached hydrogen (secondary N) is 2. The van der Waals surface area contributed by atoms with Crippen molar-refractivity contribution in [1.82, 2.24) is 15.5 Å². The summed E-state index contributed by atoms with van der Waals surface area (Å²) < 4.78 is 10.9. The normalized spacial score (nSPS) is 14.3. The fourth-order valence-electron chi connectivity index (χ4n) is 2.18. The highest BCUT2D eigenvalue weighted by Crippen LogP contribution is 2.14. The highest BCUT2D eigenvalue weighted by Gasteiger charge is 2.16. The summed E-state index contributed by atoms with van der Waals surface area (Å²) in [7, 11) is 0. The van der Waals surface area contributed by atoms with Gasteiger partial charge in [-0.1, -0.05) is 12.1 Å². The van der Waals surface area contributed by atoms with Gasteiger partial charge in [0.2, 0.25) is 0 Å². The molecular formula is C17H26ClN3O3S. The molecule has 140 valence electrons. The van der Waals surface area contributed by atoms with Crippen molar-refractivity contribution >= 4 is 35.9 Å². The van der Waals surface area contributed by atoms with Gasteiger partial charge in [0, 0.05) is 31.7 Å². The number of hydrogen-bond donors (Lipinski definition) is 2. The quantitative estimate of drug-likeness (QED) is 0.777. The molecule has 0 unspecified atom stereocenters. The van der Waals surface area contributed by atoms with E-state index in [1.165, 1.54) is 0 Å². The lowest BCUT2D eigenvalue weighted by Gasteiger charge is -2.28. The van der Waals surface area contributed by atoms with Crippen LogP contribution < -0.4 is 15.4 Å². The topological polar surface area (TPSA) is 62.8 Å². The van der Waals surface area contributed by atoms with E-state index >= 15 is 0 Å². The van der Waals surface area contributed by atoms with Gasteiger partial charge in [-0.3, -0.25) is 0 Å². The summed E-state index contributed by atoms with van der Waals surface area (Å²) in [4.78, 5) is 13.8. The third kappa shape index (κ3) is 7.90. The second-order valence-corrected chi connectivity index (χ2v) is 7.05. The number of amides is 1. The van der Waals surface area contributed by atoms with Gasteiger partial charge in [0.25, 0.3) is 5.17 Å². The molecule has 1 fully saturated rings. The van der Waals surface area contributed by atoms with Crippen LogP contribution in [0.4, 0.5) is 4.79 Å². The fourth-order valence-corrected chi connectivity index (χ4v) is 2.42. The SMILES string of the molecule is CC(C)(C)NC(=O)Oc1ccc(COC(=S)N2CCNCC2)cc1.Cl. The van der Waals surface area contributed by atoms with Crippen molar-refractivity contribution in [3.05, 3.63) is 29.8 Å². The third-order valence-corrected chi connectivity index (χ3v) is 3.72. The van der Waals surface area contributed by atoms with Crippen LogP contribution in [0.5, 0.6) is 5.75 Å². The van der Waals surface area contributed by atoms with Crippen LogP contribution in [0.15, 0.2) is 24.3 Å². The van der Waals surface area contributed by atoms with E-state index in [0.29, 0.717) is 17.5 Å². The van der Waals surface area contributed by atoms with Gasteiger partial charge in [-0.15, -0.1) is 12.4 Å². The Morgan fingerprint density at radius 3 is 2.40 bits per heavy atom. The molecule has 0 aromatic heterocycles. The summed E-state index contributed by atoms with van der Waals surface area (Å²) in [6.07, 6.45) is -0.466. The summed E-state index contributed by atoms with van der Waals surface area (Å²) in [6, 6.07) is 7.21. The van der Waals surface area contributed by atoms with Crippen LogP contribution in [0.3, 0.4) is 0 Å². The summed E-state index contributed by atoms with van der Waals surface area (Å²) in [5.74, 6) is 0.491. The monoisotopic (exact) mass is 387 g/mol. The molecule has 1 aliphatic rings. The number of halogens is 1. The highest BCUT2D eigenvalue weighted by atomic mass is 35.5. The van der Waals surface area contributed by atoms with Crippen LogP contribution in [-0.2, 0) is 11.3 Å². The van der Waals surface area contributed by atoms with Gasteiger partial charge in [-0.2, -0.15) is 0 Å². The highest BCUT2D eigenvalue weighted by molar-refractivity contribution is 7.80. The van der Waals surface area contributed by atoms with E-state index in [1.54, 1.807) is 12.1 Å². The number of hydrogen-bond acceptors (Lipinski definition) is 5. The summed E-state index contributed by atoms with van der Waals surface area (Å²) in [5, 5.41) is 6.55. The number of carbonyl (C=O) groups excluding carboxylic acids is 1. The van der Waals surface area contributed by atoms with Crippen molar-refractivity contribution in [2.75, 3.05) is 26.2 Å². The summed E-state index contributed by atoms with van der Waals surface area (Å²) in [5.41, 5.74) is 0.640. The second-order valence-electron chi connectivity index (χ2n) is 6.70. The number of carbonyl (C=O) groups is 1. The molecule has 1 saturated heterocycles. The van der Waals surface area contributed by atoms with E-state index in [9.17, 15) is 4.79 Å². The largest absolute Gasteiger partial charge is 0.466 e. The molecule has 8 heteroatoms. The van der Waals surface area contributed by atoms with Crippen molar-refractivity contribution in [1.29, 1.82) is 0 Å². The van der Waals surface area contributed by atoms with Gasteiger partial charge < -0.3 is 25.0 Å². The Labute approximate surface area is 160 Å². The zero-order valence-electron chi connectivity index (χ0n) is 14.8. The van der Waals surface area contributed by atoms with Crippen LogP contribution >= 0.6 is 24.6 Å². The number of piperazine rings is 1. The molecule has 1 heterocycles. The summed E-state index contributed by atoms with van der Waals surface area (Å²) >= 11 is 5.30. The Bertz CT molecular complexity index is 569. The molecular weight excluding hydrogens is 362 g/mol. The molecule has 1 aromatic carbocycles. The number of nitrogens with zero attached hydrogens (tertiary/aromatic N) is 1. The zero-order valence-corrected chi connectivity index (χ0v) is 16.5. The van der Waals surface area contributed by atoms with Gasteiger partial charge in [-0.25, -0.2) is 4.79 Å². The molecule has 2 N–H and O–H groups in total. The molecule has 0 radical (unpaired) electrons. The molecule has 0 saturated carbocycles. The molecule has 2 rings (SSSR count). The van der Waals surface area contributed by atoms with Gasteiger partial charge in [-0.05, 0) is 50.7 Å².